The van der Waals surface area contributed by atoms with E-state index in [1.54, 1.807) is 30.3 Å². The van der Waals surface area contributed by atoms with E-state index < -0.39 is 10.9 Å². The average Bonchev–Trinajstić information content (AvgIpc) is 3.16. The van der Waals surface area contributed by atoms with Crippen molar-refractivity contribution < 1.29 is 18.9 Å². The summed E-state index contributed by atoms with van der Waals surface area (Å²) in [4.78, 5) is 26.0. The molecule has 1 aromatic heterocycles. The fraction of sp³-hybridized carbons (Fsp3) is 0. The number of nitro groups is 1. The van der Waals surface area contributed by atoms with E-state index in [0.29, 0.717) is 11.3 Å². The normalized spacial score (nSPS) is 15.9. The van der Waals surface area contributed by atoms with Crippen LogP contribution in [0.4, 0.5) is 5.69 Å². The van der Waals surface area contributed by atoms with Gasteiger partial charge in [0, 0.05) is 24.3 Å². The van der Waals surface area contributed by atoms with E-state index in [0.717, 1.165) is 0 Å². The number of cyclic esters (lactones) is 1. The lowest BCUT2D eigenvalue weighted by atomic mass is 10.2. The highest BCUT2D eigenvalue weighted by molar-refractivity contribution is 6.11. The van der Waals surface area contributed by atoms with Crippen molar-refractivity contribution >= 4 is 29.7 Å². The fourth-order valence-electron chi connectivity index (χ4n) is 1.91. The van der Waals surface area contributed by atoms with E-state index in [1.165, 1.54) is 30.5 Å². The van der Waals surface area contributed by atoms with Crippen LogP contribution < -0.4 is 0 Å². The average molecular weight is 310 g/mol. The van der Waals surface area contributed by atoms with Gasteiger partial charge in [-0.25, -0.2) is 9.79 Å². The van der Waals surface area contributed by atoms with Gasteiger partial charge in [0.2, 0.25) is 5.90 Å². The molecule has 1 aliphatic rings. The van der Waals surface area contributed by atoms with E-state index >= 15 is 0 Å². The Hall–Kier alpha value is -3.48. The van der Waals surface area contributed by atoms with Crippen molar-refractivity contribution in [2.75, 3.05) is 0 Å². The number of hydrogen-bond donors (Lipinski definition) is 0. The number of furan rings is 1. The molecule has 3 rings (SSSR count). The molecule has 2 aromatic rings. The second-order valence-electron chi connectivity index (χ2n) is 4.57. The summed E-state index contributed by atoms with van der Waals surface area (Å²) in [6.45, 7) is 0. The van der Waals surface area contributed by atoms with Crippen LogP contribution in [0.2, 0.25) is 0 Å². The number of carbonyl (C=O) groups excluding carboxylic acids is 1. The van der Waals surface area contributed by atoms with Gasteiger partial charge in [-0.15, -0.1) is 0 Å². The maximum atomic E-state index is 11.7. The summed E-state index contributed by atoms with van der Waals surface area (Å²) in [5, 5.41) is 10.7. The molecule has 7 nitrogen and oxygen atoms in total. The molecule has 114 valence electrons. The van der Waals surface area contributed by atoms with Crippen molar-refractivity contribution in [3.05, 3.63) is 75.9 Å². The number of hydrogen-bond acceptors (Lipinski definition) is 6. The number of rotatable bonds is 4. The third-order valence-corrected chi connectivity index (χ3v) is 2.96. The van der Waals surface area contributed by atoms with Crippen LogP contribution in [0.15, 0.2) is 63.8 Å². The zero-order valence-electron chi connectivity index (χ0n) is 11.7. The van der Waals surface area contributed by atoms with Gasteiger partial charge in [-0.05, 0) is 23.8 Å². The number of non-ortho nitro benzene ring substituents is 1. The van der Waals surface area contributed by atoms with Gasteiger partial charge in [-0.1, -0.05) is 12.1 Å². The standard InChI is InChI=1S/C16H10N2O5/c19-16-14(10-13-5-2-8-22-13)17-15(23-16)7-6-11-3-1-4-12(9-11)18(20)21/h1-10H/b7-6?,14-10+. The molecule has 0 fully saturated rings. The molecule has 0 amide bonds. The Kier molecular flexibility index (Phi) is 3.84. The van der Waals surface area contributed by atoms with Crippen LogP contribution in [0.3, 0.4) is 0 Å². The zero-order valence-corrected chi connectivity index (χ0v) is 11.7. The molecule has 0 N–H and O–H groups in total. The summed E-state index contributed by atoms with van der Waals surface area (Å²) in [6.07, 6.45) is 6.00. The lowest BCUT2D eigenvalue weighted by Crippen LogP contribution is -2.01. The van der Waals surface area contributed by atoms with Crippen LogP contribution in [0, 0.1) is 10.1 Å². The van der Waals surface area contributed by atoms with Crippen molar-refractivity contribution in [2.45, 2.75) is 0 Å². The third kappa shape index (κ3) is 3.41. The first-order valence-electron chi connectivity index (χ1n) is 6.60. The molecule has 0 unspecified atom stereocenters. The third-order valence-electron chi connectivity index (χ3n) is 2.96. The summed E-state index contributed by atoms with van der Waals surface area (Å²) in [5.41, 5.74) is 0.705. The second kappa shape index (κ2) is 6.10. The predicted octanol–water partition coefficient (Wildman–Crippen LogP) is 3.20. The molecule has 1 aliphatic heterocycles. The Morgan fingerprint density at radius 3 is 2.78 bits per heavy atom. The van der Waals surface area contributed by atoms with E-state index in [4.69, 9.17) is 9.15 Å². The monoisotopic (exact) mass is 310 g/mol. The summed E-state index contributed by atoms with van der Waals surface area (Å²) in [6, 6.07) is 9.46. The topological polar surface area (TPSA) is 94.9 Å². The number of benzene rings is 1. The summed E-state index contributed by atoms with van der Waals surface area (Å²) >= 11 is 0. The lowest BCUT2D eigenvalue weighted by Gasteiger charge is -1.94. The van der Waals surface area contributed by atoms with Crippen LogP contribution in [0.25, 0.3) is 12.2 Å². The number of nitro benzene ring substituents is 1. The molecule has 0 spiro atoms. The van der Waals surface area contributed by atoms with Gasteiger partial charge >= 0.3 is 5.97 Å². The van der Waals surface area contributed by atoms with Crippen molar-refractivity contribution in [1.29, 1.82) is 0 Å². The van der Waals surface area contributed by atoms with Crippen LogP contribution in [-0.2, 0) is 9.53 Å². The Labute approximate surface area is 130 Å². The minimum atomic E-state index is -0.583. The van der Waals surface area contributed by atoms with Crippen LogP contribution >= 0.6 is 0 Å². The fourth-order valence-corrected chi connectivity index (χ4v) is 1.91. The SMILES string of the molecule is O=C1OC(C=Cc2cccc([N+](=O)[O-])c2)=N/C1=C/c1ccco1. The molecule has 0 radical (unpaired) electrons. The van der Waals surface area contributed by atoms with Gasteiger partial charge < -0.3 is 9.15 Å². The van der Waals surface area contributed by atoms with Gasteiger partial charge in [0.15, 0.2) is 5.70 Å². The molecule has 0 aliphatic carbocycles. The molecule has 7 heteroatoms. The van der Waals surface area contributed by atoms with Gasteiger partial charge in [-0.3, -0.25) is 10.1 Å². The Morgan fingerprint density at radius 2 is 2.04 bits per heavy atom. The largest absolute Gasteiger partial charge is 0.465 e. The van der Waals surface area contributed by atoms with Gasteiger partial charge in [0.25, 0.3) is 5.69 Å². The maximum Gasteiger partial charge on any atom is 0.363 e. The molecular formula is C16H10N2O5. The summed E-state index contributed by atoms with van der Waals surface area (Å²) in [7, 11) is 0. The Balaban J connectivity index is 1.79. The highest BCUT2D eigenvalue weighted by Gasteiger charge is 2.21. The zero-order chi connectivity index (χ0) is 16.2. The number of esters is 1. The van der Waals surface area contributed by atoms with Gasteiger partial charge in [0.05, 0.1) is 11.2 Å². The molecule has 1 aromatic carbocycles. The molecule has 23 heavy (non-hydrogen) atoms. The van der Waals surface area contributed by atoms with Gasteiger partial charge in [0.1, 0.15) is 5.76 Å². The maximum absolute atomic E-state index is 11.7. The highest BCUT2D eigenvalue weighted by Crippen LogP contribution is 2.18. The van der Waals surface area contributed by atoms with Crippen molar-refractivity contribution in [1.82, 2.24) is 0 Å². The molecule has 2 heterocycles. The predicted molar refractivity (Wildman–Crippen MR) is 82.3 cm³/mol. The number of aliphatic imine (C=N–C) groups is 1. The van der Waals surface area contributed by atoms with E-state index in [9.17, 15) is 14.9 Å². The van der Waals surface area contributed by atoms with E-state index in [1.807, 2.05) is 0 Å². The lowest BCUT2D eigenvalue weighted by molar-refractivity contribution is -0.384. The molecule has 0 saturated carbocycles. The van der Waals surface area contributed by atoms with Crippen molar-refractivity contribution in [3.63, 3.8) is 0 Å². The number of ether oxygens (including phenoxy) is 1. The molecule has 0 saturated heterocycles. The smallest absolute Gasteiger partial charge is 0.363 e. The molecule has 0 atom stereocenters. The first-order valence-corrected chi connectivity index (χ1v) is 6.60. The van der Waals surface area contributed by atoms with E-state index in [-0.39, 0.29) is 17.3 Å². The minimum absolute atomic E-state index is 0.0177. The van der Waals surface area contributed by atoms with Crippen LogP contribution in [-0.4, -0.2) is 16.8 Å². The second-order valence-corrected chi connectivity index (χ2v) is 4.57. The summed E-state index contributed by atoms with van der Waals surface area (Å²) in [5.74, 6) is 0.0176. The quantitative estimate of drug-likeness (QED) is 0.374. The first kappa shape index (κ1) is 14.5. The minimum Gasteiger partial charge on any atom is -0.465 e. The van der Waals surface area contributed by atoms with Gasteiger partial charge in [-0.2, -0.15) is 0 Å². The van der Waals surface area contributed by atoms with Crippen LogP contribution in [0.5, 0.6) is 0 Å². The number of carbonyl (C=O) groups is 1. The van der Waals surface area contributed by atoms with E-state index in [2.05, 4.69) is 4.99 Å². The molecule has 0 bridgehead atoms. The molecular weight excluding hydrogens is 300 g/mol. The Morgan fingerprint density at radius 1 is 1.17 bits per heavy atom. The van der Waals surface area contributed by atoms with Crippen molar-refractivity contribution in [3.8, 4) is 0 Å². The van der Waals surface area contributed by atoms with Crippen LogP contribution in [0.1, 0.15) is 11.3 Å². The highest BCUT2D eigenvalue weighted by atomic mass is 16.6. The van der Waals surface area contributed by atoms with Crippen molar-refractivity contribution in [2.24, 2.45) is 4.99 Å². The summed E-state index contributed by atoms with van der Waals surface area (Å²) < 4.78 is 10.1. The Bertz CT molecular complexity index is 847. The first-order chi connectivity index (χ1) is 11.1. The number of nitrogens with zero attached hydrogens (tertiary/aromatic N) is 2.